The minimum absolute atomic E-state index is 0.114. The van der Waals surface area contributed by atoms with E-state index in [0.717, 1.165) is 0 Å². The van der Waals surface area contributed by atoms with Crippen molar-refractivity contribution < 1.29 is 37.3 Å². The fourth-order valence-corrected chi connectivity index (χ4v) is 6.68. The molecule has 0 bridgehead atoms. The van der Waals surface area contributed by atoms with Gasteiger partial charge < -0.3 is 4.42 Å². The largest absolute Gasteiger partial charge is 0.456 e. The van der Waals surface area contributed by atoms with Crippen molar-refractivity contribution in [2.75, 3.05) is 0 Å². The molecule has 0 aliphatic rings. The van der Waals surface area contributed by atoms with Crippen LogP contribution in [0.4, 0.5) is 0 Å². The molecule has 8 aromatic carbocycles. The number of fused-ring (bicyclic) bond motifs is 9. The minimum Gasteiger partial charge on any atom is -0.456 e. The van der Waals surface area contributed by atoms with Gasteiger partial charge in [-0.2, -0.15) is 0 Å². The Morgan fingerprint density at radius 3 is 1.77 bits per heavy atom. The number of furan rings is 1. The molecule has 0 saturated heterocycles. The van der Waals surface area contributed by atoms with Gasteiger partial charge in [0.2, 0.25) is 0 Å². The highest BCUT2D eigenvalue weighted by Gasteiger charge is 2.20. The molecular formula is C42H24OS. The topological polar surface area (TPSA) is 13.1 Å². The van der Waals surface area contributed by atoms with Crippen molar-refractivity contribution in [1.82, 2.24) is 0 Å². The first kappa shape index (κ1) is 10.6. The maximum absolute atomic E-state index is 9.68. The second-order valence-corrected chi connectivity index (χ2v) is 10.8. The van der Waals surface area contributed by atoms with Crippen LogP contribution in [0, 0.1) is 0 Å². The predicted octanol–water partition coefficient (Wildman–Crippen LogP) is 12.7. The molecule has 2 aromatic heterocycles. The molecule has 10 aromatic rings. The summed E-state index contributed by atoms with van der Waals surface area (Å²) >= 11 is 0.662. The molecule has 0 spiro atoms. The Hall–Kier alpha value is -5.44. The first-order valence-electron chi connectivity index (χ1n) is 25.1. The Labute approximate surface area is 290 Å². The zero-order chi connectivity index (χ0) is 49.7. The van der Waals surface area contributed by atoms with Gasteiger partial charge in [-0.3, -0.25) is 0 Å². The maximum atomic E-state index is 9.68. The van der Waals surface area contributed by atoms with Gasteiger partial charge in [0, 0.05) is 36.5 Å². The van der Waals surface area contributed by atoms with Crippen LogP contribution in [-0.4, -0.2) is 0 Å². The first-order valence-corrected chi connectivity index (χ1v) is 13.9. The standard InChI is InChI=1S/C42H24OS/c1-2-11-26-23-38-36(22-25(26)10-1)28-21-20-27(24-37(28)43-38)40-30-13-3-5-15-32(30)41(33-16-6-4-14-31(33)40)35-18-9-17-34-29-12-7-8-19-39(29)44-42(34)35/h1-24H/i1D,2D,3D,4D,5D,6D,7D,8D,9D,10D,11D,12D,13D,14D,15D,16D,17D,18D,19D,20D,21D,22D,23D,24D. The van der Waals surface area contributed by atoms with Gasteiger partial charge >= 0.3 is 0 Å². The van der Waals surface area contributed by atoms with Gasteiger partial charge in [0.15, 0.2) is 0 Å². The summed E-state index contributed by atoms with van der Waals surface area (Å²) in [7, 11) is 0. The molecule has 0 N–H and O–H groups in total. The number of rotatable bonds is 2. The summed E-state index contributed by atoms with van der Waals surface area (Å²) in [5.74, 6) is 0. The Bertz CT molecular complexity index is 4050. The molecule has 0 unspecified atom stereocenters. The Morgan fingerprint density at radius 1 is 0.432 bits per heavy atom. The van der Waals surface area contributed by atoms with E-state index in [-0.39, 0.29) is 25.6 Å². The van der Waals surface area contributed by atoms with Crippen molar-refractivity contribution in [2.45, 2.75) is 0 Å². The van der Waals surface area contributed by atoms with Crippen LogP contribution in [0.15, 0.2) is 149 Å². The molecule has 10 rings (SSSR count). The summed E-state index contributed by atoms with van der Waals surface area (Å²) in [6.07, 6.45) is 0. The average molecular weight is 601 g/mol. The van der Waals surface area contributed by atoms with E-state index in [0.29, 0.717) is 11.3 Å². The van der Waals surface area contributed by atoms with Crippen molar-refractivity contribution in [1.29, 1.82) is 0 Å². The third kappa shape index (κ3) is 3.35. The van der Waals surface area contributed by atoms with Crippen LogP contribution in [0.2, 0.25) is 0 Å². The molecule has 0 radical (unpaired) electrons. The Kier molecular flexibility index (Phi) is 2.18. The van der Waals surface area contributed by atoms with E-state index < -0.39 is 216 Å². The van der Waals surface area contributed by atoms with E-state index >= 15 is 0 Å². The molecule has 0 aliphatic carbocycles. The smallest absolute Gasteiger partial charge is 0.136 e. The molecule has 1 nitrogen and oxygen atoms in total. The summed E-state index contributed by atoms with van der Waals surface area (Å²) in [5, 5.41) is -4.40. The van der Waals surface area contributed by atoms with E-state index in [2.05, 4.69) is 0 Å². The zero-order valence-electron chi connectivity index (χ0n) is 45.8. The highest BCUT2D eigenvalue weighted by Crippen LogP contribution is 2.48. The number of hydrogen-bond acceptors (Lipinski definition) is 2. The monoisotopic (exact) mass is 600 g/mol. The SMILES string of the molecule is [2H]c1c([2H])c([2H])c2c(sc3c(-c4c5c([2H])c([2H])c([2H])c([2H])c5c(-c5c([2H])c([2H])c6c(oc7c([2H])c8c([2H])c([2H])c([2H])c([2H])c8c([2H])c76)c5[2H])c5c([2H])c([2H])c([2H])c([2H])c45)c([2H])c([2H])c([2H])c32)c1[2H]. The summed E-state index contributed by atoms with van der Waals surface area (Å²) in [4.78, 5) is 0. The van der Waals surface area contributed by atoms with Gasteiger partial charge in [0.1, 0.15) is 11.2 Å². The van der Waals surface area contributed by atoms with Crippen LogP contribution in [0.3, 0.4) is 0 Å². The van der Waals surface area contributed by atoms with Crippen LogP contribution in [0.5, 0.6) is 0 Å². The molecule has 44 heavy (non-hydrogen) atoms. The molecule has 0 aliphatic heterocycles. The zero-order valence-corrected chi connectivity index (χ0v) is 22.6. The minimum atomic E-state index is -0.905. The Balaban J connectivity index is 1.50. The van der Waals surface area contributed by atoms with Gasteiger partial charge in [-0.25, -0.2) is 0 Å². The fourth-order valence-electron chi connectivity index (χ4n) is 5.61. The van der Waals surface area contributed by atoms with Crippen molar-refractivity contribution in [2.24, 2.45) is 0 Å². The highest BCUT2D eigenvalue weighted by molar-refractivity contribution is 7.26. The van der Waals surface area contributed by atoms with Crippen molar-refractivity contribution in [3.8, 4) is 22.3 Å². The lowest BCUT2D eigenvalue weighted by Gasteiger charge is -2.18. The van der Waals surface area contributed by atoms with Gasteiger partial charge in [0.05, 0.1) is 32.9 Å². The van der Waals surface area contributed by atoms with Gasteiger partial charge in [-0.1, -0.05) is 115 Å². The number of hydrogen-bond donors (Lipinski definition) is 0. The van der Waals surface area contributed by atoms with Crippen LogP contribution < -0.4 is 0 Å². The molecule has 2 heterocycles. The summed E-state index contributed by atoms with van der Waals surface area (Å²) in [6.45, 7) is 0. The van der Waals surface area contributed by atoms with Crippen molar-refractivity contribution in [3.63, 3.8) is 0 Å². The summed E-state index contributed by atoms with van der Waals surface area (Å²) in [6, 6.07) is -18.4. The molecule has 0 saturated carbocycles. The second-order valence-electron chi connectivity index (χ2n) is 9.77. The van der Waals surface area contributed by atoms with Crippen LogP contribution in [-0.2, 0) is 0 Å². The normalized spacial score (nSPS) is 19.7. The molecule has 204 valence electrons. The molecule has 0 fully saturated rings. The average Bonchev–Trinajstić information content (AvgIpc) is 3.92. The van der Waals surface area contributed by atoms with E-state index in [1.165, 1.54) is 0 Å². The van der Waals surface area contributed by atoms with Gasteiger partial charge in [0.25, 0.3) is 0 Å². The predicted molar refractivity (Wildman–Crippen MR) is 190 cm³/mol. The van der Waals surface area contributed by atoms with E-state index in [9.17, 15) is 11.0 Å². The molecule has 0 amide bonds. The van der Waals surface area contributed by atoms with E-state index in [1.807, 2.05) is 0 Å². The third-order valence-electron chi connectivity index (χ3n) is 7.45. The molecule has 0 atom stereocenters. The molecular weight excluding hydrogens is 553 g/mol. The quantitative estimate of drug-likeness (QED) is 0.180. The second kappa shape index (κ2) is 9.03. The maximum Gasteiger partial charge on any atom is 0.136 e. The third-order valence-corrected chi connectivity index (χ3v) is 8.57. The fraction of sp³-hybridized carbons (Fsp3) is 0. The van der Waals surface area contributed by atoms with Crippen molar-refractivity contribution >= 4 is 85.8 Å². The lowest BCUT2D eigenvalue weighted by Crippen LogP contribution is -1.91. The summed E-state index contributed by atoms with van der Waals surface area (Å²) < 4.78 is 221. The van der Waals surface area contributed by atoms with Crippen LogP contribution in [0.25, 0.3) is 96.7 Å². The number of benzene rings is 8. The molecule has 2 heteroatoms. The Morgan fingerprint density at radius 2 is 1.02 bits per heavy atom. The van der Waals surface area contributed by atoms with Crippen LogP contribution >= 0.6 is 11.3 Å². The van der Waals surface area contributed by atoms with Crippen LogP contribution in [0.1, 0.15) is 32.9 Å². The lowest BCUT2D eigenvalue weighted by atomic mass is 9.85. The number of thiophene rings is 1. The first-order chi connectivity index (χ1) is 31.8. The van der Waals surface area contributed by atoms with Gasteiger partial charge in [-0.05, 0) is 79.2 Å². The van der Waals surface area contributed by atoms with Crippen molar-refractivity contribution in [3.05, 3.63) is 145 Å². The summed E-state index contributed by atoms with van der Waals surface area (Å²) in [5.41, 5.74) is -3.32. The lowest BCUT2D eigenvalue weighted by molar-refractivity contribution is 0.669. The van der Waals surface area contributed by atoms with E-state index in [1.54, 1.807) is 0 Å². The van der Waals surface area contributed by atoms with E-state index in [4.69, 9.17) is 26.3 Å². The highest BCUT2D eigenvalue weighted by atomic mass is 32.1. The van der Waals surface area contributed by atoms with Gasteiger partial charge in [-0.15, -0.1) is 11.3 Å².